The van der Waals surface area contributed by atoms with Crippen molar-refractivity contribution >= 4 is 29.1 Å². The molecule has 3 aromatic rings. The Morgan fingerprint density at radius 3 is 2.21 bits per heavy atom. The van der Waals surface area contributed by atoms with Gasteiger partial charge < -0.3 is 4.74 Å². The van der Waals surface area contributed by atoms with Crippen LogP contribution >= 0.6 is 0 Å². The van der Waals surface area contributed by atoms with Crippen LogP contribution < -0.4 is 5.32 Å². The molecule has 4 rings (SSSR count). The average Bonchev–Trinajstić information content (AvgIpc) is 3.31. The van der Waals surface area contributed by atoms with Crippen molar-refractivity contribution in [3.05, 3.63) is 105 Å². The summed E-state index contributed by atoms with van der Waals surface area (Å²) < 4.78 is 34.9. The monoisotopic (exact) mass is 522 g/mol. The molecule has 0 bridgehead atoms. The zero-order valence-electron chi connectivity index (χ0n) is 20.8. The lowest BCUT2D eigenvalue weighted by molar-refractivity contribution is -0.384. The highest BCUT2D eigenvalue weighted by molar-refractivity contribution is 6.05. The standard InChI is InChI=1S/C27H24F2N4O5/c1-27(2,3)38-26(35)30-24-20(28)13-18(14-21(24)29)22-15-23(16-7-5-4-6-8-16)32(31-22)25(34)17-9-11-19(12-10-17)33(36)37/h4-14,23H,15H2,1-3H3,(H,30,35). The number of nitro benzene ring substituents is 1. The van der Waals surface area contributed by atoms with E-state index in [4.69, 9.17) is 4.74 Å². The minimum atomic E-state index is -1.04. The molecule has 0 spiro atoms. The Bertz CT molecular complexity index is 1400. The number of benzene rings is 3. The number of anilines is 1. The first-order valence-corrected chi connectivity index (χ1v) is 11.6. The maximum absolute atomic E-state index is 14.9. The summed E-state index contributed by atoms with van der Waals surface area (Å²) in [7, 11) is 0. The summed E-state index contributed by atoms with van der Waals surface area (Å²) in [4.78, 5) is 35.8. The van der Waals surface area contributed by atoms with E-state index in [0.717, 1.165) is 17.7 Å². The molecule has 1 aliphatic heterocycles. The van der Waals surface area contributed by atoms with Crippen molar-refractivity contribution in [1.82, 2.24) is 5.01 Å². The molecule has 1 unspecified atom stereocenters. The first-order chi connectivity index (χ1) is 17.9. The van der Waals surface area contributed by atoms with Gasteiger partial charge >= 0.3 is 6.09 Å². The Morgan fingerprint density at radius 2 is 1.66 bits per heavy atom. The van der Waals surface area contributed by atoms with Gasteiger partial charge in [0.15, 0.2) is 11.6 Å². The Labute approximate surface area is 216 Å². The summed E-state index contributed by atoms with van der Waals surface area (Å²) in [6.45, 7) is 4.86. The van der Waals surface area contributed by atoms with E-state index >= 15 is 0 Å². The second kappa shape index (κ2) is 10.4. The lowest BCUT2D eigenvalue weighted by Crippen LogP contribution is -2.27. The maximum Gasteiger partial charge on any atom is 0.412 e. The highest BCUT2D eigenvalue weighted by Crippen LogP contribution is 2.35. The van der Waals surface area contributed by atoms with E-state index in [1.54, 1.807) is 45.0 Å². The fraction of sp³-hybridized carbons (Fsp3) is 0.222. The van der Waals surface area contributed by atoms with Gasteiger partial charge in [-0.2, -0.15) is 5.10 Å². The van der Waals surface area contributed by atoms with E-state index in [-0.39, 0.29) is 28.9 Å². The number of carbonyl (C=O) groups excluding carboxylic acids is 2. The number of hydrogen-bond acceptors (Lipinski definition) is 6. The smallest absolute Gasteiger partial charge is 0.412 e. The summed E-state index contributed by atoms with van der Waals surface area (Å²) in [5, 5.41) is 18.7. The van der Waals surface area contributed by atoms with Gasteiger partial charge in [-0.25, -0.2) is 18.6 Å². The molecule has 0 fully saturated rings. The number of carbonyl (C=O) groups is 2. The van der Waals surface area contributed by atoms with Gasteiger partial charge in [-0.05, 0) is 50.6 Å². The summed E-state index contributed by atoms with van der Waals surface area (Å²) in [6.07, 6.45) is -0.856. The topological polar surface area (TPSA) is 114 Å². The predicted molar refractivity (Wildman–Crippen MR) is 136 cm³/mol. The zero-order valence-corrected chi connectivity index (χ0v) is 20.8. The third-order valence-electron chi connectivity index (χ3n) is 5.63. The molecule has 9 nitrogen and oxygen atoms in total. The van der Waals surface area contributed by atoms with Crippen molar-refractivity contribution in [3.63, 3.8) is 0 Å². The van der Waals surface area contributed by atoms with E-state index in [1.807, 2.05) is 6.07 Å². The molecule has 3 aromatic carbocycles. The highest BCUT2D eigenvalue weighted by atomic mass is 19.1. The fourth-order valence-corrected chi connectivity index (χ4v) is 3.93. The Hall–Kier alpha value is -4.67. The van der Waals surface area contributed by atoms with E-state index in [1.165, 1.54) is 29.3 Å². The number of rotatable bonds is 5. The van der Waals surface area contributed by atoms with Crippen LogP contribution in [0.1, 0.15) is 54.7 Å². The van der Waals surface area contributed by atoms with E-state index in [0.29, 0.717) is 0 Å². The molecule has 2 amide bonds. The first kappa shape index (κ1) is 26.4. The summed E-state index contributed by atoms with van der Waals surface area (Å²) in [5.41, 5.74) is -0.452. The summed E-state index contributed by atoms with van der Waals surface area (Å²) in [6, 6.07) is 15.5. The summed E-state index contributed by atoms with van der Waals surface area (Å²) in [5.74, 6) is -2.61. The Kier molecular flexibility index (Phi) is 7.20. The normalized spacial score (nSPS) is 15.1. The molecular formula is C27H24F2N4O5. The number of hydrazone groups is 1. The van der Waals surface area contributed by atoms with Crippen LogP contribution in [0.15, 0.2) is 71.8 Å². The molecule has 1 aliphatic rings. The molecule has 0 saturated heterocycles. The number of ether oxygens (including phenoxy) is 1. The maximum atomic E-state index is 14.9. The van der Waals surface area contributed by atoms with Crippen molar-refractivity contribution in [1.29, 1.82) is 0 Å². The van der Waals surface area contributed by atoms with Gasteiger partial charge in [0.1, 0.15) is 11.3 Å². The quantitative estimate of drug-likeness (QED) is 0.316. The molecule has 38 heavy (non-hydrogen) atoms. The van der Waals surface area contributed by atoms with Crippen molar-refractivity contribution < 1.29 is 28.0 Å². The van der Waals surface area contributed by atoms with Crippen LogP contribution in [0.25, 0.3) is 0 Å². The van der Waals surface area contributed by atoms with Crippen molar-refractivity contribution in [2.45, 2.75) is 38.8 Å². The third kappa shape index (κ3) is 5.83. The number of hydrogen-bond donors (Lipinski definition) is 1. The number of amides is 2. The van der Waals surface area contributed by atoms with Crippen LogP contribution in [0.2, 0.25) is 0 Å². The molecular weight excluding hydrogens is 498 g/mol. The Balaban J connectivity index is 1.66. The second-order valence-electron chi connectivity index (χ2n) is 9.57. The van der Waals surface area contributed by atoms with Crippen LogP contribution in [0.5, 0.6) is 0 Å². The summed E-state index contributed by atoms with van der Waals surface area (Å²) >= 11 is 0. The first-order valence-electron chi connectivity index (χ1n) is 11.6. The number of nitrogens with zero attached hydrogens (tertiary/aromatic N) is 3. The highest BCUT2D eigenvalue weighted by Gasteiger charge is 2.34. The van der Waals surface area contributed by atoms with Gasteiger partial charge in [-0.15, -0.1) is 0 Å². The largest absolute Gasteiger partial charge is 0.444 e. The molecule has 1 atom stereocenters. The molecule has 1 N–H and O–H groups in total. The lowest BCUT2D eigenvalue weighted by Gasteiger charge is -2.22. The zero-order chi connectivity index (χ0) is 27.6. The SMILES string of the molecule is CC(C)(C)OC(=O)Nc1c(F)cc(C2=NN(C(=O)c3ccc([N+](=O)[O-])cc3)C(c3ccccc3)C2)cc1F. The van der Waals surface area contributed by atoms with Crippen LogP contribution in [-0.2, 0) is 4.74 Å². The van der Waals surface area contributed by atoms with Gasteiger partial charge in [0.2, 0.25) is 0 Å². The Morgan fingerprint density at radius 1 is 1.05 bits per heavy atom. The lowest BCUT2D eigenvalue weighted by atomic mass is 9.97. The molecule has 0 saturated carbocycles. The predicted octanol–water partition coefficient (Wildman–Crippen LogP) is 6.21. The molecule has 0 radical (unpaired) electrons. The van der Waals surface area contributed by atoms with Gasteiger partial charge in [0, 0.05) is 29.7 Å². The number of nitrogens with one attached hydrogen (secondary N) is 1. The second-order valence-corrected chi connectivity index (χ2v) is 9.57. The van der Waals surface area contributed by atoms with Crippen LogP contribution in [0, 0.1) is 21.7 Å². The van der Waals surface area contributed by atoms with Crippen molar-refractivity contribution in [3.8, 4) is 0 Å². The molecule has 196 valence electrons. The van der Waals surface area contributed by atoms with E-state index in [2.05, 4.69) is 10.4 Å². The minimum absolute atomic E-state index is 0.0923. The number of nitro groups is 1. The number of non-ortho nitro benzene ring substituents is 1. The molecule has 0 aromatic heterocycles. The fourth-order valence-electron chi connectivity index (χ4n) is 3.93. The van der Waals surface area contributed by atoms with Gasteiger partial charge in [-0.3, -0.25) is 20.2 Å². The van der Waals surface area contributed by atoms with E-state index in [9.17, 15) is 28.5 Å². The van der Waals surface area contributed by atoms with Gasteiger partial charge in [0.25, 0.3) is 11.6 Å². The van der Waals surface area contributed by atoms with Gasteiger partial charge in [-0.1, -0.05) is 30.3 Å². The minimum Gasteiger partial charge on any atom is -0.444 e. The number of halogens is 2. The van der Waals surface area contributed by atoms with Crippen LogP contribution in [-0.4, -0.2) is 33.2 Å². The van der Waals surface area contributed by atoms with Gasteiger partial charge in [0.05, 0.1) is 16.7 Å². The van der Waals surface area contributed by atoms with Crippen LogP contribution in [0.4, 0.5) is 25.0 Å². The average molecular weight is 523 g/mol. The van der Waals surface area contributed by atoms with Crippen molar-refractivity contribution in [2.24, 2.45) is 5.10 Å². The van der Waals surface area contributed by atoms with Crippen molar-refractivity contribution in [2.75, 3.05) is 5.32 Å². The molecule has 11 heteroatoms. The third-order valence-corrected chi connectivity index (χ3v) is 5.63. The van der Waals surface area contributed by atoms with Crippen LogP contribution in [0.3, 0.4) is 0 Å². The molecule has 0 aliphatic carbocycles. The van der Waals surface area contributed by atoms with E-state index < -0.39 is 45.9 Å². The molecule has 1 heterocycles.